The Bertz CT molecular complexity index is 688. The van der Waals surface area contributed by atoms with E-state index in [9.17, 15) is 4.79 Å². The molecule has 3 rings (SSSR count). The highest BCUT2D eigenvalue weighted by atomic mass is 16.7. The maximum atomic E-state index is 10.9. The van der Waals surface area contributed by atoms with Crippen molar-refractivity contribution in [2.45, 2.75) is 6.10 Å². The van der Waals surface area contributed by atoms with Crippen LogP contribution in [0.4, 0.5) is 5.82 Å². The van der Waals surface area contributed by atoms with Crippen LogP contribution in [0.25, 0.3) is 10.8 Å². The molecule has 1 aromatic carbocycles. The Hall–Kier alpha value is -2.54. The van der Waals surface area contributed by atoms with E-state index in [1.54, 1.807) is 6.20 Å². The molecule has 21 heavy (non-hydrogen) atoms. The van der Waals surface area contributed by atoms with Crippen molar-refractivity contribution in [3.8, 4) is 11.5 Å². The summed E-state index contributed by atoms with van der Waals surface area (Å²) < 4.78 is 15.6. The number of rotatable bonds is 5. The van der Waals surface area contributed by atoms with Gasteiger partial charge >= 0.3 is 5.97 Å². The van der Waals surface area contributed by atoms with Gasteiger partial charge in [-0.1, -0.05) is 0 Å². The summed E-state index contributed by atoms with van der Waals surface area (Å²) in [5.74, 6) is 0.900. The normalized spacial score (nSPS) is 14.1. The molecule has 0 radical (unpaired) electrons. The third-order valence-electron chi connectivity index (χ3n) is 3.27. The highest BCUT2D eigenvalue weighted by Gasteiger charge is 2.18. The number of aliphatic carboxylic acids is 1. The number of hydrogen-bond donors (Lipinski definition) is 2. The van der Waals surface area contributed by atoms with E-state index in [1.807, 2.05) is 18.2 Å². The minimum atomic E-state index is -1.03. The molecule has 0 fully saturated rings. The van der Waals surface area contributed by atoms with Crippen LogP contribution in [0.5, 0.6) is 11.5 Å². The van der Waals surface area contributed by atoms with E-state index in [4.69, 9.17) is 19.3 Å². The Morgan fingerprint density at radius 3 is 2.95 bits per heavy atom. The fraction of sp³-hybridized carbons (Fsp3) is 0.286. The summed E-state index contributed by atoms with van der Waals surface area (Å²) in [5.41, 5.74) is 0. The second kappa shape index (κ2) is 5.45. The van der Waals surface area contributed by atoms with Crippen LogP contribution in [0.3, 0.4) is 0 Å². The molecule has 2 N–H and O–H groups in total. The topological polar surface area (TPSA) is 89.9 Å². The average molecular weight is 290 g/mol. The second-order valence-electron chi connectivity index (χ2n) is 4.53. The molecule has 0 saturated heterocycles. The van der Waals surface area contributed by atoms with Crippen molar-refractivity contribution in [2.24, 2.45) is 0 Å². The number of ether oxygens (including phenoxy) is 3. The summed E-state index contributed by atoms with van der Waals surface area (Å²) in [6.07, 6.45) is 0.714. The lowest BCUT2D eigenvalue weighted by atomic mass is 10.1. The summed E-state index contributed by atoms with van der Waals surface area (Å²) in [5, 5.41) is 13.7. The molecule has 0 spiro atoms. The highest BCUT2D eigenvalue weighted by molar-refractivity contribution is 5.94. The van der Waals surface area contributed by atoms with Crippen LogP contribution < -0.4 is 14.8 Å². The number of anilines is 1. The Morgan fingerprint density at radius 1 is 1.48 bits per heavy atom. The quantitative estimate of drug-likeness (QED) is 0.861. The standard InChI is InChI=1S/C14H14N2O5/c1-19-12(14(17)18)6-16-13-9-5-11-10(20-7-21-11)4-8(9)2-3-15-13/h2-5,12H,6-7H2,1H3,(H,15,16)(H,17,18). The molecule has 7 nitrogen and oxygen atoms in total. The summed E-state index contributed by atoms with van der Waals surface area (Å²) in [6.45, 7) is 0.318. The molecule has 7 heteroatoms. The van der Waals surface area contributed by atoms with E-state index in [1.165, 1.54) is 7.11 Å². The molecule has 1 atom stereocenters. The first kappa shape index (κ1) is 13.4. The Morgan fingerprint density at radius 2 is 2.24 bits per heavy atom. The third kappa shape index (κ3) is 2.55. The van der Waals surface area contributed by atoms with Gasteiger partial charge in [0.15, 0.2) is 17.6 Å². The lowest BCUT2D eigenvalue weighted by Gasteiger charge is -2.13. The predicted molar refractivity (Wildman–Crippen MR) is 74.8 cm³/mol. The zero-order chi connectivity index (χ0) is 14.8. The predicted octanol–water partition coefficient (Wildman–Crippen LogP) is 1.47. The molecular weight excluding hydrogens is 276 g/mol. The van der Waals surface area contributed by atoms with Crippen molar-refractivity contribution in [2.75, 3.05) is 25.8 Å². The molecule has 0 amide bonds. The SMILES string of the molecule is COC(CNc1nccc2cc3c(cc12)OCO3)C(=O)O. The number of pyridine rings is 1. The van der Waals surface area contributed by atoms with Gasteiger partial charge in [-0.15, -0.1) is 0 Å². The van der Waals surface area contributed by atoms with Crippen molar-refractivity contribution < 1.29 is 24.1 Å². The van der Waals surface area contributed by atoms with E-state index < -0.39 is 12.1 Å². The summed E-state index contributed by atoms with van der Waals surface area (Å²) in [7, 11) is 1.36. The van der Waals surface area contributed by atoms with Gasteiger partial charge in [0, 0.05) is 18.7 Å². The van der Waals surface area contributed by atoms with Crippen LogP contribution in [0.15, 0.2) is 24.4 Å². The van der Waals surface area contributed by atoms with Gasteiger partial charge in [0.05, 0.1) is 6.54 Å². The van der Waals surface area contributed by atoms with Crippen molar-refractivity contribution in [3.63, 3.8) is 0 Å². The molecular formula is C14H14N2O5. The van der Waals surface area contributed by atoms with Crippen molar-refractivity contribution >= 4 is 22.6 Å². The first-order chi connectivity index (χ1) is 10.2. The van der Waals surface area contributed by atoms with E-state index >= 15 is 0 Å². The number of fused-ring (bicyclic) bond motifs is 2. The zero-order valence-corrected chi connectivity index (χ0v) is 11.3. The molecule has 1 aliphatic rings. The lowest BCUT2D eigenvalue weighted by Crippen LogP contribution is -2.30. The van der Waals surface area contributed by atoms with Gasteiger partial charge in [-0.3, -0.25) is 0 Å². The second-order valence-corrected chi connectivity index (χ2v) is 4.53. The molecule has 0 aliphatic carbocycles. The minimum absolute atomic E-state index is 0.117. The molecule has 2 heterocycles. The van der Waals surface area contributed by atoms with Gasteiger partial charge in [-0.2, -0.15) is 0 Å². The Labute approximate surface area is 120 Å². The van der Waals surface area contributed by atoms with E-state index in [2.05, 4.69) is 10.3 Å². The van der Waals surface area contributed by atoms with Crippen LogP contribution in [-0.2, 0) is 9.53 Å². The monoisotopic (exact) mass is 290 g/mol. The average Bonchev–Trinajstić information content (AvgIpc) is 2.92. The largest absolute Gasteiger partial charge is 0.479 e. The molecule has 1 unspecified atom stereocenters. The first-order valence-electron chi connectivity index (χ1n) is 6.37. The van der Waals surface area contributed by atoms with Gasteiger partial charge in [-0.05, 0) is 23.6 Å². The number of nitrogens with one attached hydrogen (secondary N) is 1. The Kier molecular flexibility index (Phi) is 3.49. The maximum absolute atomic E-state index is 10.9. The zero-order valence-electron chi connectivity index (χ0n) is 11.3. The van der Waals surface area contributed by atoms with Gasteiger partial charge < -0.3 is 24.6 Å². The van der Waals surface area contributed by atoms with Crippen LogP contribution in [0, 0.1) is 0 Å². The summed E-state index contributed by atoms with van der Waals surface area (Å²) in [6, 6.07) is 5.55. The van der Waals surface area contributed by atoms with Crippen molar-refractivity contribution in [1.82, 2.24) is 4.98 Å². The number of methoxy groups -OCH3 is 1. The van der Waals surface area contributed by atoms with E-state index in [0.717, 1.165) is 10.8 Å². The van der Waals surface area contributed by atoms with E-state index in [-0.39, 0.29) is 13.3 Å². The minimum Gasteiger partial charge on any atom is -0.479 e. The van der Waals surface area contributed by atoms with Gasteiger partial charge in [0.25, 0.3) is 0 Å². The number of nitrogens with zero attached hydrogens (tertiary/aromatic N) is 1. The number of benzene rings is 1. The molecule has 2 aromatic rings. The number of hydrogen-bond acceptors (Lipinski definition) is 6. The fourth-order valence-electron chi connectivity index (χ4n) is 2.16. The molecule has 1 aromatic heterocycles. The van der Waals surface area contributed by atoms with Crippen LogP contribution >= 0.6 is 0 Å². The summed E-state index contributed by atoms with van der Waals surface area (Å²) in [4.78, 5) is 15.2. The first-order valence-corrected chi connectivity index (χ1v) is 6.37. The van der Waals surface area contributed by atoms with Crippen molar-refractivity contribution in [1.29, 1.82) is 0 Å². The molecule has 1 aliphatic heterocycles. The number of carboxylic acids is 1. The van der Waals surface area contributed by atoms with Crippen molar-refractivity contribution in [3.05, 3.63) is 24.4 Å². The van der Waals surface area contributed by atoms with Crippen LogP contribution in [0.1, 0.15) is 0 Å². The van der Waals surface area contributed by atoms with E-state index in [0.29, 0.717) is 17.3 Å². The van der Waals surface area contributed by atoms with Gasteiger partial charge in [0.2, 0.25) is 6.79 Å². The van der Waals surface area contributed by atoms with Gasteiger partial charge in [-0.25, -0.2) is 9.78 Å². The third-order valence-corrected chi connectivity index (χ3v) is 3.27. The highest BCUT2D eigenvalue weighted by Crippen LogP contribution is 2.37. The molecule has 0 saturated carbocycles. The molecule has 0 bridgehead atoms. The number of aromatic nitrogens is 1. The lowest BCUT2D eigenvalue weighted by molar-refractivity contribution is -0.147. The maximum Gasteiger partial charge on any atom is 0.334 e. The smallest absolute Gasteiger partial charge is 0.334 e. The number of carboxylic acid groups (broad SMARTS) is 1. The Balaban J connectivity index is 1.90. The van der Waals surface area contributed by atoms with Crippen LogP contribution in [0.2, 0.25) is 0 Å². The van der Waals surface area contributed by atoms with Gasteiger partial charge in [0.1, 0.15) is 5.82 Å². The fourth-order valence-corrected chi connectivity index (χ4v) is 2.16. The summed E-state index contributed by atoms with van der Waals surface area (Å²) >= 11 is 0. The van der Waals surface area contributed by atoms with Crippen LogP contribution in [-0.4, -0.2) is 42.6 Å². The molecule has 110 valence electrons. The number of carbonyl (C=O) groups is 1.